The lowest BCUT2D eigenvalue weighted by Crippen LogP contribution is -2.15. The molecule has 0 radical (unpaired) electrons. The zero-order valence-corrected chi connectivity index (χ0v) is 39.2. The van der Waals surface area contributed by atoms with Crippen molar-refractivity contribution in [3.05, 3.63) is 0 Å². The molecule has 0 aliphatic heterocycles. The van der Waals surface area contributed by atoms with Crippen LogP contribution in [0.5, 0.6) is 0 Å². The van der Waals surface area contributed by atoms with Gasteiger partial charge in [0.15, 0.2) is 0 Å². The van der Waals surface area contributed by atoms with Crippen LogP contribution in [0.4, 0.5) is 0 Å². The van der Waals surface area contributed by atoms with Crippen LogP contribution in [0, 0.1) is 0 Å². The number of unbranched alkanes of at least 4 members (excludes halogenated alkanes) is 15. The molecule has 0 spiro atoms. The number of rotatable bonds is 55. The number of halogens is 1. The molecular weight excluding hydrogens is 863 g/mol. The molecule has 0 amide bonds. The Morgan fingerprint density at radius 3 is 0.534 bits per heavy atom. The highest BCUT2D eigenvalue weighted by Crippen LogP contribution is 2.13. The summed E-state index contributed by atoms with van der Waals surface area (Å²) < 4.78 is 72.6. The summed E-state index contributed by atoms with van der Waals surface area (Å²) in [6.45, 7) is 17.0. The van der Waals surface area contributed by atoms with Crippen LogP contribution in [-0.4, -0.2) is 176 Å². The molecule has 14 heteroatoms. The molecular formula is C44H89IO13. The van der Waals surface area contributed by atoms with E-state index in [1.807, 2.05) is 0 Å². The van der Waals surface area contributed by atoms with Crippen LogP contribution in [0.25, 0.3) is 0 Å². The fourth-order valence-electron chi connectivity index (χ4n) is 5.55. The zero-order valence-electron chi connectivity index (χ0n) is 37.1. The maximum absolute atomic E-state index is 5.70. The van der Waals surface area contributed by atoms with Crippen molar-refractivity contribution in [3.8, 4) is 0 Å². The molecule has 13 nitrogen and oxygen atoms in total. The molecule has 0 aromatic carbocycles. The van der Waals surface area contributed by atoms with E-state index in [4.69, 9.17) is 61.6 Å². The fraction of sp³-hybridized carbons (Fsp3) is 1.00. The third-order valence-corrected chi connectivity index (χ3v) is 9.27. The Morgan fingerprint density at radius 2 is 0.345 bits per heavy atom. The summed E-state index contributed by atoms with van der Waals surface area (Å²) in [4.78, 5) is 0. The Morgan fingerprint density at radius 1 is 0.190 bits per heavy atom. The summed E-state index contributed by atoms with van der Waals surface area (Å²) in [5.74, 6) is 0. The molecule has 0 aromatic heterocycles. The summed E-state index contributed by atoms with van der Waals surface area (Å²) >= 11 is 2.28. The van der Waals surface area contributed by atoms with E-state index >= 15 is 0 Å². The Balaban J connectivity index is 3.05. The SMILES string of the molecule is CCCCCCCCCCCCCCCCCCOCCOCCOCCOCCOCCOCCOCCOCCOCCOCCOCCOCCOCCI. The van der Waals surface area contributed by atoms with E-state index in [0.717, 1.165) is 24.1 Å². The van der Waals surface area contributed by atoms with Crippen molar-refractivity contribution in [3.63, 3.8) is 0 Å². The van der Waals surface area contributed by atoms with Crippen molar-refractivity contribution in [1.29, 1.82) is 0 Å². The van der Waals surface area contributed by atoms with Gasteiger partial charge in [0.05, 0.1) is 165 Å². The lowest BCUT2D eigenvalue weighted by atomic mass is 10.0. The predicted octanol–water partition coefficient (Wildman–Crippen LogP) is 7.90. The lowest BCUT2D eigenvalue weighted by molar-refractivity contribution is -0.0289. The minimum atomic E-state index is 0.517. The van der Waals surface area contributed by atoms with E-state index < -0.39 is 0 Å². The van der Waals surface area contributed by atoms with Gasteiger partial charge in [-0.3, -0.25) is 0 Å². The fourth-order valence-corrected chi connectivity index (χ4v) is 5.86. The standard InChI is InChI=1S/C44H89IO13/c1-2-3-4-5-6-7-8-9-10-11-12-13-14-15-16-17-19-46-21-23-48-25-27-50-29-31-52-33-35-54-37-39-56-41-43-58-44-42-57-40-38-55-36-34-53-32-30-51-28-26-49-24-22-47-20-18-45/h2-44H2,1H3. The van der Waals surface area contributed by atoms with Gasteiger partial charge in [-0.15, -0.1) is 0 Å². The molecule has 350 valence electrons. The molecule has 0 aliphatic rings. The summed E-state index contributed by atoms with van der Waals surface area (Å²) in [5, 5.41) is 0. The van der Waals surface area contributed by atoms with Crippen molar-refractivity contribution < 1.29 is 61.6 Å². The molecule has 0 saturated heterocycles. The Bertz CT molecular complexity index is 646. The van der Waals surface area contributed by atoms with Crippen molar-refractivity contribution in [1.82, 2.24) is 0 Å². The molecule has 0 aromatic rings. The van der Waals surface area contributed by atoms with Gasteiger partial charge in [-0.2, -0.15) is 0 Å². The van der Waals surface area contributed by atoms with Crippen LogP contribution >= 0.6 is 22.6 Å². The molecule has 0 atom stereocenters. The van der Waals surface area contributed by atoms with Crippen LogP contribution in [0.3, 0.4) is 0 Å². The third kappa shape index (κ3) is 56.2. The van der Waals surface area contributed by atoms with E-state index in [1.54, 1.807) is 0 Å². The number of hydrogen-bond acceptors (Lipinski definition) is 13. The first kappa shape index (κ1) is 58.2. The molecule has 0 N–H and O–H groups in total. The summed E-state index contributed by atoms with van der Waals surface area (Å²) in [6, 6.07) is 0. The normalized spacial score (nSPS) is 11.7. The molecule has 0 saturated carbocycles. The Labute approximate surface area is 368 Å². The van der Waals surface area contributed by atoms with E-state index in [0.29, 0.717) is 159 Å². The second kappa shape index (κ2) is 57.2. The quantitative estimate of drug-likeness (QED) is 0.0334. The first-order valence-corrected chi connectivity index (χ1v) is 24.5. The second-order valence-corrected chi connectivity index (χ2v) is 15.0. The number of hydrogen-bond donors (Lipinski definition) is 0. The molecule has 0 heterocycles. The molecule has 0 unspecified atom stereocenters. The van der Waals surface area contributed by atoms with E-state index in [9.17, 15) is 0 Å². The van der Waals surface area contributed by atoms with E-state index in [1.165, 1.54) is 96.3 Å². The molecule has 58 heavy (non-hydrogen) atoms. The molecule has 0 bridgehead atoms. The average molecular weight is 953 g/mol. The van der Waals surface area contributed by atoms with Crippen LogP contribution in [0.1, 0.15) is 110 Å². The van der Waals surface area contributed by atoms with Crippen molar-refractivity contribution in [2.75, 3.05) is 176 Å². The maximum atomic E-state index is 5.70. The minimum Gasteiger partial charge on any atom is -0.379 e. The van der Waals surface area contributed by atoms with Crippen LogP contribution < -0.4 is 0 Å². The number of ether oxygens (including phenoxy) is 13. The first-order chi connectivity index (χ1) is 28.9. The highest BCUT2D eigenvalue weighted by Gasteiger charge is 1.99. The van der Waals surface area contributed by atoms with E-state index in [-0.39, 0.29) is 0 Å². The lowest BCUT2D eigenvalue weighted by Gasteiger charge is -2.09. The smallest absolute Gasteiger partial charge is 0.0701 e. The van der Waals surface area contributed by atoms with Crippen molar-refractivity contribution >= 4 is 22.6 Å². The van der Waals surface area contributed by atoms with Gasteiger partial charge in [0, 0.05) is 11.0 Å². The summed E-state index contributed by atoms with van der Waals surface area (Å²) in [6.07, 6.45) is 22.2. The first-order valence-electron chi connectivity index (χ1n) is 23.0. The highest BCUT2D eigenvalue weighted by atomic mass is 127. The van der Waals surface area contributed by atoms with Crippen molar-refractivity contribution in [2.45, 2.75) is 110 Å². The Hall–Kier alpha value is 0.210. The predicted molar refractivity (Wildman–Crippen MR) is 239 cm³/mol. The van der Waals surface area contributed by atoms with Gasteiger partial charge >= 0.3 is 0 Å². The zero-order chi connectivity index (χ0) is 41.6. The summed E-state index contributed by atoms with van der Waals surface area (Å²) in [7, 11) is 0. The monoisotopic (exact) mass is 953 g/mol. The van der Waals surface area contributed by atoms with Gasteiger partial charge in [0.1, 0.15) is 0 Å². The van der Waals surface area contributed by atoms with Gasteiger partial charge in [-0.25, -0.2) is 0 Å². The topological polar surface area (TPSA) is 120 Å². The third-order valence-electron chi connectivity index (χ3n) is 8.83. The van der Waals surface area contributed by atoms with Crippen LogP contribution in [0.15, 0.2) is 0 Å². The molecule has 0 rings (SSSR count). The van der Waals surface area contributed by atoms with E-state index in [2.05, 4.69) is 29.5 Å². The van der Waals surface area contributed by atoms with Crippen LogP contribution in [-0.2, 0) is 61.6 Å². The van der Waals surface area contributed by atoms with Gasteiger partial charge in [0.25, 0.3) is 0 Å². The van der Waals surface area contributed by atoms with Crippen LogP contribution in [0.2, 0.25) is 0 Å². The molecule has 0 fully saturated rings. The maximum Gasteiger partial charge on any atom is 0.0701 e. The number of alkyl halides is 1. The minimum absolute atomic E-state index is 0.517. The largest absolute Gasteiger partial charge is 0.379 e. The highest BCUT2D eigenvalue weighted by molar-refractivity contribution is 14.1. The molecule has 0 aliphatic carbocycles. The van der Waals surface area contributed by atoms with Gasteiger partial charge in [-0.05, 0) is 6.42 Å². The average Bonchev–Trinajstić information content (AvgIpc) is 3.23. The van der Waals surface area contributed by atoms with Gasteiger partial charge in [-0.1, -0.05) is 126 Å². The Kier molecular flexibility index (Phi) is 57.4. The summed E-state index contributed by atoms with van der Waals surface area (Å²) in [5.41, 5.74) is 0. The van der Waals surface area contributed by atoms with Crippen molar-refractivity contribution in [2.24, 2.45) is 0 Å². The van der Waals surface area contributed by atoms with Gasteiger partial charge < -0.3 is 61.6 Å². The van der Waals surface area contributed by atoms with Gasteiger partial charge in [0.2, 0.25) is 0 Å². The second-order valence-electron chi connectivity index (χ2n) is 14.0.